The summed E-state index contributed by atoms with van der Waals surface area (Å²) in [5.74, 6) is -7.69. The molecule has 0 aliphatic rings. The van der Waals surface area contributed by atoms with Crippen LogP contribution >= 0.6 is 0 Å². The lowest BCUT2D eigenvalue weighted by atomic mass is 10.1. The summed E-state index contributed by atoms with van der Waals surface area (Å²) in [5, 5.41) is 0. The standard InChI is InChI=1S/C12H4F14O/c13-8(14,15)4-1-5(9(16,17)18)3-6(2-4)27-12(25,26)7(10(19,20)21)11(22,23)24/h1-3,7H. The molecule has 0 radical (unpaired) electrons. The summed E-state index contributed by atoms with van der Waals surface area (Å²) in [6.07, 6.45) is -30.8. The lowest BCUT2D eigenvalue weighted by Gasteiger charge is -2.30. The van der Waals surface area contributed by atoms with Crippen molar-refractivity contribution in [1.82, 2.24) is 0 Å². The quantitative estimate of drug-likeness (QED) is 0.502. The van der Waals surface area contributed by atoms with E-state index in [1.54, 1.807) is 0 Å². The van der Waals surface area contributed by atoms with Crippen LogP contribution in [0.25, 0.3) is 0 Å². The number of hydrogen-bond donors (Lipinski definition) is 0. The summed E-state index contributed by atoms with van der Waals surface area (Å²) in [7, 11) is 0. The highest BCUT2D eigenvalue weighted by atomic mass is 19.4. The third kappa shape index (κ3) is 5.76. The van der Waals surface area contributed by atoms with Gasteiger partial charge in [-0.3, -0.25) is 0 Å². The minimum Gasteiger partial charge on any atom is -0.432 e. The fraction of sp³-hybridized carbons (Fsp3) is 0.500. The van der Waals surface area contributed by atoms with Gasteiger partial charge in [0.15, 0.2) is 0 Å². The Kier molecular flexibility index (Phi) is 5.62. The van der Waals surface area contributed by atoms with Crippen LogP contribution in [-0.2, 0) is 12.4 Å². The molecule has 0 atom stereocenters. The Labute approximate surface area is 139 Å². The number of halogens is 14. The van der Waals surface area contributed by atoms with Crippen molar-refractivity contribution in [2.24, 2.45) is 5.92 Å². The number of hydrogen-bond acceptors (Lipinski definition) is 1. The van der Waals surface area contributed by atoms with E-state index in [2.05, 4.69) is 4.74 Å². The van der Waals surface area contributed by atoms with Gasteiger partial charge in [0.05, 0.1) is 11.1 Å². The summed E-state index contributed by atoms with van der Waals surface area (Å²) >= 11 is 0. The van der Waals surface area contributed by atoms with Gasteiger partial charge in [-0.25, -0.2) is 0 Å². The molecule has 0 saturated carbocycles. The molecule has 0 aliphatic heterocycles. The molecule has 1 aromatic rings. The SMILES string of the molecule is FC(F)(F)c1cc(OC(F)(F)C(C(F)(F)F)C(F)(F)F)cc(C(F)(F)F)c1. The molecule has 0 saturated heterocycles. The van der Waals surface area contributed by atoms with Crippen LogP contribution < -0.4 is 4.74 Å². The van der Waals surface area contributed by atoms with Crippen molar-refractivity contribution in [2.45, 2.75) is 30.8 Å². The van der Waals surface area contributed by atoms with Gasteiger partial charge in [-0.15, -0.1) is 0 Å². The van der Waals surface area contributed by atoms with E-state index in [0.29, 0.717) is 0 Å². The highest BCUT2D eigenvalue weighted by Crippen LogP contribution is 2.49. The van der Waals surface area contributed by atoms with Gasteiger partial charge in [0, 0.05) is 0 Å². The number of ether oxygens (including phenoxy) is 1. The van der Waals surface area contributed by atoms with E-state index in [9.17, 15) is 61.5 Å². The smallest absolute Gasteiger partial charge is 0.418 e. The molecule has 27 heavy (non-hydrogen) atoms. The van der Waals surface area contributed by atoms with E-state index in [1.807, 2.05) is 0 Å². The molecule has 156 valence electrons. The Balaban J connectivity index is 3.49. The summed E-state index contributed by atoms with van der Waals surface area (Å²) < 4.78 is 179. The third-order valence-corrected chi connectivity index (χ3v) is 2.81. The minimum absolute atomic E-state index is 0.587. The van der Waals surface area contributed by atoms with Crippen molar-refractivity contribution in [3.63, 3.8) is 0 Å². The second-order valence-electron chi connectivity index (χ2n) is 4.92. The molecule has 0 bridgehead atoms. The minimum atomic E-state index is -6.67. The average molecular weight is 430 g/mol. The predicted octanol–water partition coefficient (Wildman–Crippen LogP) is 6.44. The summed E-state index contributed by atoms with van der Waals surface area (Å²) in [6, 6.07) is -1.77. The molecule has 0 fully saturated rings. The number of rotatable bonds is 3. The fourth-order valence-electron chi connectivity index (χ4n) is 1.77. The lowest BCUT2D eigenvalue weighted by molar-refractivity contribution is -0.379. The highest BCUT2D eigenvalue weighted by Gasteiger charge is 2.71. The van der Waals surface area contributed by atoms with Crippen molar-refractivity contribution in [1.29, 1.82) is 0 Å². The van der Waals surface area contributed by atoms with Crippen LogP contribution in [-0.4, -0.2) is 18.5 Å². The van der Waals surface area contributed by atoms with Crippen molar-refractivity contribution >= 4 is 0 Å². The first-order valence-corrected chi connectivity index (χ1v) is 6.15. The Hall–Kier alpha value is -1.96. The molecule has 0 heterocycles. The molecule has 15 heteroatoms. The van der Waals surface area contributed by atoms with Crippen LogP contribution in [0.3, 0.4) is 0 Å². The van der Waals surface area contributed by atoms with E-state index in [4.69, 9.17) is 0 Å². The molecular formula is C12H4F14O. The maximum Gasteiger partial charge on any atom is 0.418 e. The lowest BCUT2D eigenvalue weighted by Crippen LogP contribution is -2.51. The van der Waals surface area contributed by atoms with Crippen molar-refractivity contribution in [3.8, 4) is 5.75 Å². The van der Waals surface area contributed by atoms with Crippen molar-refractivity contribution in [2.75, 3.05) is 0 Å². The van der Waals surface area contributed by atoms with Gasteiger partial charge < -0.3 is 4.74 Å². The van der Waals surface area contributed by atoms with Gasteiger partial charge in [0.1, 0.15) is 5.75 Å². The maximum atomic E-state index is 13.4. The Bertz CT molecular complexity index is 616. The van der Waals surface area contributed by atoms with E-state index >= 15 is 0 Å². The Morgan fingerprint density at radius 3 is 1.15 bits per heavy atom. The zero-order valence-electron chi connectivity index (χ0n) is 12.0. The van der Waals surface area contributed by atoms with Crippen LogP contribution in [0.4, 0.5) is 61.5 Å². The largest absolute Gasteiger partial charge is 0.432 e. The highest BCUT2D eigenvalue weighted by molar-refractivity contribution is 5.37. The van der Waals surface area contributed by atoms with E-state index in [1.165, 1.54) is 0 Å². The van der Waals surface area contributed by atoms with Gasteiger partial charge in [-0.2, -0.15) is 61.5 Å². The summed E-state index contributed by atoms with van der Waals surface area (Å²) in [6.45, 7) is 0. The molecular weight excluding hydrogens is 426 g/mol. The predicted molar refractivity (Wildman–Crippen MR) is 57.6 cm³/mol. The third-order valence-electron chi connectivity index (χ3n) is 2.81. The van der Waals surface area contributed by atoms with Gasteiger partial charge >= 0.3 is 30.8 Å². The van der Waals surface area contributed by atoms with Gasteiger partial charge in [0.25, 0.3) is 5.92 Å². The molecule has 0 unspecified atom stereocenters. The molecule has 0 spiro atoms. The first kappa shape index (κ1) is 23.1. The Morgan fingerprint density at radius 1 is 0.556 bits per heavy atom. The first-order valence-electron chi connectivity index (χ1n) is 6.15. The molecule has 0 amide bonds. The normalized spacial score (nSPS) is 14.6. The van der Waals surface area contributed by atoms with Crippen molar-refractivity contribution in [3.05, 3.63) is 29.3 Å². The maximum absolute atomic E-state index is 13.4. The topological polar surface area (TPSA) is 9.23 Å². The molecule has 1 rings (SSSR count). The van der Waals surface area contributed by atoms with E-state index in [-0.39, 0.29) is 0 Å². The molecule has 1 aromatic carbocycles. The molecule has 0 N–H and O–H groups in total. The van der Waals surface area contributed by atoms with Crippen molar-refractivity contribution < 1.29 is 66.2 Å². The number of benzene rings is 1. The number of alkyl halides is 14. The molecule has 0 aliphatic carbocycles. The molecule has 1 nitrogen and oxygen atoms in total. The van der Waals surface area contributed by atoms with Crippen LogP contribution in [0, 0.1) is 5.92 Å². The zero-order chi connectivity index (χ0) is 21.6. The van der Waals surface area contributed by atoms with E-state index in [0.717, 1.165) is 0 Å². The van der Waals surface area contributed by atoms with Gasteiger partial charge in [-0.05, 0) is 18.2 Å². The van der Waals surface area contributed by atoms with Crippen LogP contribution in [0.2, 0.25) is 0 Å². The molecule has 0 aromatic heterocycles. The fourth-order valence-corrected chi connectivity index (χ4v) is 1.77. The van der Waals surface area contributed by atoms with Crippen LogP contribution in [0.15, 0.2) is 18.2 Å². The van der Waals surface area contributed by atoms with Gasteiger partial charge in [0.2, 0.25) is 0 Å². The second kappa shape index (κ2) is 6.58. The average Bonchev–Trinajstić information content (AvgIpc) is 2.30. The summed E-state index contributed by atoms with van der Waals surface area (Å²) in [5.41, 5.74) is -4.56. The monoisotopic (exact) mass is 430 g/mol. The van der Waals surface area contributed by atoms with Crippen LogP contribution in [0.1, 0.15) is 11.1 Å². The van der Waals surface area contributed by atoms with E-state index < -0.39 is 71.8 Å². The van der Waals surface area contributed by atoms with Crippen LogP contribution in [0.5, 0.6) is 5.75 Å². The Morgan fingerprint density at radius 2 is 0.889 bits per heavy atom. The first-order chi connectivity index (χ1) is 11.7. The summed E-state index contributed by atoms with van der Waals surface area (Å²) in [4.78, 5) is 0. The van der Waals surface area contributed by atoms with Gasteiger partial charge in [-0.1, -0.05) is 0 Å². The second-order valence-corrected chi connectivity index (χ2v) is 4.92. The zero-order valence-corrected chi connectivity index (χ0v) is 12.0.